The van der Waals surface area contributed by atoms with E-state index < -0.39 is 0 Å². The van der Waals surface area contributed by atoms with Gasteiger partial charge in [0.05, 0.1) is 6.20 Å². The van der Waals surface area contributed by atoms with Crippen LogP contribution in [0.5, 0.6) is 0 Å². The molecule has 0 saturated heterocycles. The molecule has 0 saturated carbocycles. The zero-order valence-corrected chi connectivity index (χ0v) is 13.9. The van der Waals surface area contributed by atoms with Gasteiger partial charge in [0.25, 0.3) is 0 Å². The second kappa shape index (κ2) is 11.2. The first kappa shape index (κ1) is 17.5. The maximum atomic E-state index is 4.24. The number of nitrogens with one attached hydrogen (secondary N) is 2. The van der Waals surface area contributed by atoms with Gasteiger partial charge in [-0.3, -0.25) is 9.67 Å². The highest BCUT2D eigenvalue weighted by atomic mass is 15.2. The van der Waals surface area contributed by atoms with Crippen molar-refractivity contribution in [1.82, 2.24) is 20.4 Å². The van der Waals surface area contributed by atoms with Crippen molar-refractivity contribution >= 4 is 5.96 Å². The highest BCUT2D eigenvalue weighted by Gasteiger charge is 1.99. The molecule has 2 N–H and O–H groups in total. The first-order valence-corrected chi connectivity index (χ1v) is 8.18. The predicted octanol–water partition coefficient (Wildman–Crippen LogP) is 2.84. The summed E-state index contributed by atoms with van der Waals surface area (Å²) in [6.07, 6.45) is 13.2. The Hall–Kier alpha value is -1.52. The monoisotopic (exact) mass is 293 g/mol. The number of rotatable bonds is 10. The molecule has 0 atom stereocenters. The van der Waals surface area contributed by atoms with Gasteiger partial charge in [-0.1, -0.05) is 45.4 Å². The van der Waals surface area contributed by atoms with Crippen molar-refractivity contribution in [2.75, 3.05) is 13.6 Å². The quantitative estimate of drug-likeness (QED) is 0.396. The van der Waals surface area contributed by atoms with E-state index in [0.29, 0.717) is 0 Å². The molecule has 1 heterocycles. The van der Waals surface area contributed by atoms with Crippen LogP contribution in [-0.4, -0.2) is 29.3 Å². The summed E-state index contributed by atoms with van der Waals surface area (Å²) in [5.74, 6) is 0.866. The van der Waals surface area contributed by atoms with Gasteiger partial charge in [-0.15, -0.1) is 0 Å². The summed E-state index contributed by atoms with van der Waals surface area (Å²) in [4.78, 5) is 4.24. The van der Waals surface area contributed by atoms with Gasteiger partial charge in [0.1, 0.15) is 0 Å². The highest BCUT2D eigenvalue weighted by molar-refractivity contribution is 5.79. The Morgan fingerprint density at radius 3 is 2.48 bits per heavy atom. The molecule has 0 fully saturated rings. The van der Waals surface area contributed by atoms with E-state index in [4.69, 9.17) is 0 Å². The smallest absolute Gasteiger partial charge is 0.191 e. The lowest BCUT2D eigenvalue weighted by Crippen LogP contribution is -2.37. The Balaban J connectivity index is 2.04. The number of aromatic nitrogens is 2. The summed E-state index contributed by atoms with van der Waals surface area (Å²) in [6, 6.07) is 0. The summed E-state index contributed by atoms with van der Waals surface area (Å²) < 4.78 is 1.81. The molecule has 0 spiro atoms. The van der Waals surface area contributed by atoms with Crippen LogP contribution in [-0.2, 0) is 13.6 Å². The summed E-state index contributed by atoms with van der Waals surface area (Å²) in [5.41, 5.74) is 1.16. The topological polar surface area (TPSA) is 54.2 Å². The third-order valence-electron chi connectivity index (χ3n) is 3.51. The van der Waals surface area contributed by atoms with Gasteiger partial charge in [-0.2, -0.15) is 5.10 Å². The van der Waals surface area contributed by atoms with E-state index in [2.05, 4.69) is 27.6 Å². The fraction of sp³-hybridized carbons (Fsp3) is 0.750. The molecule has 21 heavy (non-hydrogen) atoms. The van der Waals surface area contributed by atoms with Gasteiger partial charge < -0.3 is 10.6 Å². The van der Waals surface area contributed by atoms with E-state index in [-0.39, 0.29) is 0 Å². The van der Waals surface area contributed by atoms with Crippen LogP contribution in [0.4, 0.5) is 0 Å². The molecular formula is C16H31N5. The minimum Gasteiger partial charge on any atom is -0.356 e. The van der Waals surface area contributed by atoms with Crippen LogP contribution in [0.25, 0.3) is 0 Å². The number of unbranched alkanes of at least 4 members (excludes halogenated alkanes) is 6. The predicted molar refractivity (Wildman–Crippen MR) is 89.4 cm³/mol. The van der Waals surface area contributed by atoms with Crippen molar-refractivity contribution in [1.29, 1.82) is 0 Å². The number of hydrogen-bond acceptors (Lipinski definition) is 2. The molecule has 0 aliphatic carbocycles. The number of aryl methyl sites for hydroxylation is 1. The Kier molecular flexibility index (Phi) is 9.33. The van der Waals surface area contributed by atoms with Crippen LogP contribution >= 0.6 is 0 Å². The van der Waals surface area contributed by atoms with Gasteiger partial charge in [0.15, 0.2) is 5.96 Å². The molecule has 120 valence electrons. The van der Waals surface area contributed by atoms with Crippen molar-refractivity contribution in [3.8, 4) is 0 Å². The maximum absolute atomic E-state index is 4.24. The van der Waals surface area contributed by atoms with E-state index in [0.717, 1.165) is 24.6 Å². The minimum atomic E-state index is 0.754. The fourth-order valence-corrected chi connectivity index (χ4v) is 2.26. The summed E-state index contributed by atoms with van der Waals surface area (Å²) in [6.45, 7) is 4.00. The maximum Gasteiger partial charge on any atom is 0.191 e. The lowest BCUT2D eigenvalue weighted by Gasteiger charge is -2.11. The van der Waals surface area contributed by atoms with E-state index in [1.54, 1.807) is 0 Å². The SMILES string of the molecule is CCCCCCCCCNC(=NC)NCc1cnn(C)c1. The first-order chi connectivity index (χ1) is 10.3. The molecule has 0 bridgehead atoms. The average molecular weight is 293 g/mol. The van der Waals surface area contributed by atoms with E-state index >= 15 is 0 Å². The van der Waals surface area contributed by atoms with Gasteiger partial charge in [-0.05, 0) is 6.42 Å². The molecular weight excluding hydrogens is 262 g/mol. The fourth-order valence-electron chi connectivity index (χ4n) is 2.26. The van der Waals surface area contributed by atoms with E-state index in [1.807, 2.05) is 31.2 Å². The average Bonchev–Trinajstić information content (AvgIpc) is 2.90. The van der Waals surface area contributed by atoms with Gasteiger partial charge in [0.2, 0.25) is 0 Å². The standard InChI is InChI=1S/C16H31N5/c1-4-5-6-7-8-9-10-11-18-16(17-2)19-12-15-13-20-21(3)14-15/h13-14H,4-12H2,1-3H3,(H2,17,18,19). The number of guanidine groups is 1. The lowest BCUT2D eigenvalue weighted by molar-refractivity contribution is 0.583. The number of hydrogen-bond donors (Lipinski definition) is 2. The summed E-state index contributed by atoms with van der Waals surface area (Å²) in [5, 5.41) is 10.8. The molecule has 0 aromatic carbocycles. The third kappa shape index (κ3) is 8.38. The van der Waals surface area contributed by atoms with Crippen LogP contribution in [0.1, 0.15) is 57.4 Å². The second-order valence-corrected chi connectivity index (χ2v) is 5.50. The number of nitrogens with zero attached hydrogens (tertiary/aromatic N) is 3. The zero-order chi connectivity index (χ0) is 15.3. The van der Waals surface area contributed by atoms with Crippen LogP contribution in [0, 0.1) is 0 Å². The van der Waals surface area contributed by atoms with Crippen molar-refractivity contribution in [2.24, 2.45) is 12.0 Å². The lowest BCUT2D eigenvalue weighted by atomic mass is 10.1. The molecule has 1 aromatic rings. The van der Waals surface area contributed by atoms with Crippen molar-refractivity contribution in [3.63, 3.8) is 0 Å². The van der Waals surface area contributed by atoms with Crippen molar-refractivity contribution in [2.45, 2.75) is 58.4 Å². The van der Waals surface area contributed by atoms with Gasteiger partial charge in [-0.25, -0.2) is 0 Å². The Morgan fingerprint density at radius 2 is 1.86 bits per heavy atom. The summed E-state index contributed by atoms with van der Waals surface area (Å²) >= 11 is 0. The Labute approximate surface area is 129 Å². The molecule has 5 heteroatoms. The van der Waals surface area contributed by atoms with Gasteiger partial charge in [0, 0.05) is 38.9 Å². The van der Waals surface area contributed by atoms with Crippen molar-refractivity contribution < 1.29 is 0 Å². The zero-order valence-electron chi connectivity index (χ0n) is 13.9. The molecule has 1 aromatic heterocycles. The van der Waals surface area contributed by atoms with Crippen LogP contribution in [0.3, 0.4) is 0 Å². The van der Waals surface area contributed by atoms with Crippen LogP contribution < -0.4 is 10.6 Å². The molecule has 1 rings (SSSR count). The highest BCUT2D eigenvalue weighted by Crippen LogP contribution is 2.06. The molecule has 5 nitrogen and oxygen atoms in total. The first-order valence-electron chi connectivity index (χ1n) is 8.18. The summed E-state index contributed by atoms with van der Waals surface area (Å²) in [7, 11) is 3.74. The van der Waals surface area contributed by atoms with E-state index in [1.165, 1.54) is 44.9 Å². The molecule has 0 aliphatic heterocycles. The third-order valence-corrected chi connectivity index (χ3v) is 3.51. The van der Waals surface area contributed by atoms with Crippen molar-refractivity contribution in [3.05, 3.63) is 18.0 Å². The number of aliphatic imine (C=N–C) groups is 1. The molecule has 0 amide bonds. The Bertz CT molecular complexity index is 397. The largest absolute Gasteiger partial charge is 0.356 e. The normalized spacial score (nSPS) is 11.7. The van der Waals surface area contributed by atoms with Crippen LogP contribution in [0.15, 0.2) is 17.4 Å². The molecule has 0 unspecified atom stereocenters. The second-order valence-electron chi connectivity index (χ2n) is 5.50. The molecule has 0 radical (unpaired) electrons. The Morgan fingerprint density at radius 1 is 1.14 bits per heavy atom. The minimum absolute atomic E-state index is 0.754. The van der Waals surface area contributed by atoms with Crippen LogP contribution in [0.2, 0.25) is 0 Å². The molecule has 0 aliphatic rings. The van der Waals surface area contributed by atoms with Gasteiger partial charge >= 0.3 is 0 Å². The van der Waals surface area contributed by atoms with E-state index in [9.17, 15) is 0 Å².